The van der Waals surface area contributed by atoms with Gasteiger partial charge in [0.2, 0.25) is 5.91 Å². The van der Waals surface area contributed by atoms with Gasteiger partial charge in [-0.05, 0) is 31.0 Å². The lowest BCUT2D eigenvalue weighted by Gasteiger charge is -2.29. The van der Waals surface area contributed by atoms with Gasteiger partial charge in [-0.25, -0.2) is 0 Å². The molecule has 2 aromatic rings. The third-order valence-corrected chi connectivity index (χ3v) is 4.29. The Morgan fingerprint density at radius 1 is 1.07 bits per heavy atom. The maximum absolute atomic E-state index is 12.6. The van der Waals surface area contributed by atoms with E-state index >= 15 is 0 Å². The predicted octanol–water partition coefficient (Wildman–Crippen LogP) is 3.49. The molecule has 2 N–H and O–H groups in total. The van der Waals surface area contributed by atoms with Gasteiger partial charge in [-0.15, -0.1) is 12.4 Å². The number of halogens is 1. The van der Waals surface area contributed by atoms with Crippen LogP contribution in [0.5, 0.6) is 5.75 Å². The second-order valence-electron chi connectivity index (χ2n) is 6.52. The van der Waals surface area contributed by atoms with Crippen LogP contribution >= 0.6 is 12.4 Å². The van der Waals surface area contributed by atoms with Crippen molar-refractivity contribution in [3.05, 3.63) is 54.1 Å². The Hall–Kier alpha value is -2.08. The van der Waals surface area contributed by atoms with Crippen molar-refractivity contribution in [2.45, 2.75) is 32.5 Å². The van der Waals surface area contributed by atoms with E-state index in [-0.39, 0.29) is 31.0 Å². The van der Waals surface area contributed by atoms with Crippen LogP contribution in [0.3, 0.4) is 0 Å². The molecule has 0 radical (unpaired) electrons. The zero-order valence-electron chi connectivity index (χ0n) is 16.3. The summed E-state index contributed by atoms with van der Waals surface area (Å²) in [7, 11) is 3.21. The topological polar surface area (TPSA) is 64.8 Å². The lowest BCUT2D eigenvalue weighted by atomic mass is 10.0. The highest BCUT2D eigenvalue weighted by molar-refractivity contribution is 5.85. The number of nitrogens with two attached hydrogens (primary N) is 1. The van der Waals surface area contributed by atoms with E-state index in [2.05, 4.69) is 0 Å². The van der Waals surface area contributed by atoms with Crippen LogP contribution < -0.4 is 10.5 Å². The van der Waals surface area contributed by atoms with E-state index < -0.39 is 6.04 Å². The van der Waals surface area contributed by atoms with E-state index in [1.807, 2.05) is 62.4 Å². The van der Waals surface area contributed by atoms with Gasteiger partial charge in [-0.1, -0.05) is 42.5 Å². The highest BCUT2D eigenvalue weighted by Gasteiger charge is 2.23. The smallest absolute Gasteiger partial charge is 0.242 e. The first-order chi connectivity index (χ1) is 12.5. The maximum atomic E-state index is 12.6. The highest BCUT2D eigenvalue weighted by Crippen LogP contribution is 2.29. The lowest BCUT2D eigenvalue weighted by Crippen LogP contribution is -2.48. The molecule has 1 amide bonds. The van der Waals surface area contributed by atoms with Crippen molar-refractivity contribution >= 4 is 18.3 Å². The van der Waals surface area contributed by atoms with Gasteiger partial charge < -0.3 is 20.1 Å². The normalized spacial score (nSPS) is 11.6. The predicted molar refractivity (Wildman–Crippen MR) is 111 cm³/mol. The molecule has 0 heterocycles. The Bertz CT molecular complexity index is 720. The zero-order chi connectivity index (χ0) is 19.1. The van der Waals surface area contributed by atoms with Crippen LogP contribution in [0.4, 0.5) is 0 Å². The summed E-state index contributed by atoms with van der Waals surface area (Å²) >= 11 is 0. The molecule has 0 aromatic heterocycles. The summed E-state index contributed by atoms with van der Waals surface area (Å²) in [6, 6.07) is 15.5. The van der Waals surface area contributed by atoms with E-state index in [1.165, 1.54) is 0 Å². The summed E-state index contributed by atoms with van der Waals surface area (Å²) in [5.41, 5.74) is 9.09. The number of amides is 1. The number of carbonyl (C=O) groups is 1. The molecular weight excluding hydrogens is 364 g/mol. The van der Waals surface area contributed by atoms with Gasteiger partial charge in [0.15, 0.2) is 0 Å². The van der Waals surface area contributed by atoms with Gasteiger partial charge >= 0.3 is 0 Å². The first kappa shape index (κ1) is 23.0. The molecular formula is C21H29ClN2O3. The molecule has 1 unspecified atom stereocenters. The second kappa shape index (κ2) is 10.9. The Balaban J connectivity index is 0.00000364. The zero-order valence-corrected chi connectivity index (χ0v) is 17.2. The molecule has 5 nitrogen and oxygen atoms in total. The summed E-state index contributed by atoms with van der Waals surface area (Å²) in [6.45, 7) is 4.70. The molecule has 6 heteroatoms. The molecule has 0 aliphatic carbocycles. The van der Waals surface area contributed by atoms with Crippen LogP contribution in [0.2, 0.25) is 0 Å². The fraction of sp³-hybridized carbons (Fsp3) is 0.381. The maximum Gasteiger partial charge on any atom is 0.242 e. The standard InChI is InChI=1S/C21H28N2O3.ClH/c1-15(2)23(21(24)19(22)14-25-3)13-16-9-11-17(12-10-16)18-7-5-6-8-20(18)26-4;/h5-12,15,19H,13-14,22H2,1-4H3;1H. The number of carbonyl (C=O) groups excluding carboxylic acids is 1. The second-order valence-corrected chi connectivity index (χ2v) is 6.52. The number of para-hydroxylation sites is 1. The van der Waals surface area contributed by atoms with Gasteiger partial charge in [0.25, 0.3) is 0 Å². The minimum absolute atomic E-state index is 0. The third-order valence-electron chi connectivity index (χ3n) is 4.29. The molecule has 0 saturated carbocycles. The fourth-order valence-electron chi connectivity index (χ4n) is 2.85. The average molecular weight is 393 g/mol. The molecule has 2 rings (SSSR count). The number of methoxy groups -OCH3 is 2. The van der Waals surface area contributed by atoms with Crippen molar-refractivity contribution in [3.63, 3.8) is 0 Å². The minimum atomic E-state index is -0.643. The average Bonchev–Trinajstić information content (AvgIpc) is 2.66. The van der Waals surface area contributed by atoms with Gasteiger partial charge in [0.1, 0.15) is 11.8 Å². The minimum Gasteiger partial charge on any atom is -0.496 e. The molecule has 0 aliphatic heterocycles. The summed E-state index contributed by atoms with van der Waals surface area (Å²) in [6.07, 6.45) is 0. The Labute approximate surface area is 167 Å². The molecule has 148 valence electrons. The lowest BCUT2D eigenvalue weighted by molar-refractivity contribution is -0.136. The quantitative estimate of drug-likeness (QED) is 0.746. The summed E-state index contributed by atoms with van der Waals surface area (Å²) in [5, 5.41) is 0. The van der Waals surface area contributed by atoms with Crippen LogP contribution in [0, 0.1) is 0 Å². The number of hydrogen-bond donors (Lipinski definition) is 1. The Kier molecular flexibility index (Phi) is 9.29. The van der Waals surface area contributed by atoms with E-state index in [4.69, 9.17) is 15.2 Å². The monoisotopic (exact) mass is 392 g/mol. The molecule has 27 heavy (non-hydrogen) atoms. The van der Waals surface area contributed by atoms with Crippen molar-refractivity contribution < 1.29 is 14.3 Å². The van der Waals surface area contributed by atoms with Gasteiger partial charge in [-0.2, -0.15) is 0 Å². The SMILES string of the molecule is COCC(N)C(=O)N(Cc1ccc(-c2ccccc2OC)cc1)C(C)C.Cl. The van der Waals surface area contributed by atoms with Crippen molar-refractivity contribution in [1.82, 2.24) is 4.90 Å². The van der Waals surface area contributed by atoms with E-state index in [9.17, 15) is 4.79 Å². The number of rotatable bonds is 8. The highest BCUT2D eigenvalue weighted by atomic mass is 35.5. The number of benzene rings is 2. The molecule has 2 aromatic carbocycles. The van der Waals surface area contributed by atoms with Crippen LogP contribution in [-0.2, 0) is 16.1 Å². The van der Waals surface area contributed by atoms with Crippen LogP contribution in [0.15, 0.2) is 48.5 Å². The summed E-state index contributed by atoms with van der Waals surface area (Å²) < 4.78 is 10.4. The first-order valence-corrected chi connectivity index (χ1v) is 8.75. The molecule has 0 saturated heterocycles. The molecule has 0 fully saturated rings. The van der Waals surface area contributed by atoms with Crippen LogP contribution in [0.25, 0.3) is 11.1 Å². The van der Waals surface area contributed by atoms with Crippen LogP contribution in [-0.4, -0.2) is 43.7 Å². The van der Waals surface area contributed by atoms with Crippen molar-refractivity contribution in [3.8, 4) is 16.9 Å². The van der Waals surface area contributed by atoms with Crippen molar-refractivity contribution in [2.75, 3.05) is 20.8 Å². The van der Waals surface area contributed by atoms with E-state index in [0.717, 1.165) is 22.4 Å². The number of hydrogen-bond acceptors (Lipinski definition) is 4. The molecule has 1 atom stereocenters. The fourth-order valence-corrected chi connectivity index (χ4v) is 2.85. The Morgan fingerprint density at radius 2 is 1.70 bits per heavy atom. The number of nitrogens with zero attached hydrogens (tertiary/aromatic N) is 1. The van der Waals surface area contributed by atoms with Crippen LogP contribution in [0.1, 0.15) is 19.4 Å². The van der Waals surface area contributed by atoms with Gasteiger partial charge in [-0.3, -0.25) is 4.79 Å². The Morgan fingerprint density at radius 3 is 2.26 bits per heavy atom. The molecule has 0 spiro atoms. The van der Waals surface area contributed by atoms with E-state index in [0.29, 0.717) is 6.54 Å². The largest absolute Gasteiger partial charge is 0.496 e. The van der Waals surface area contributed by atoms with Gasteiger partial charge in [0.05, 0.1) is 13.7 Å². The van der Waals surface area contributed by atoms with E-state index in [1.54, 1.807) is 19.1 Å². The summed E-state index contributed by atoms with van der Waals surface area (Å²) in [5.74, 6) is 0.737. The molecule has 0 bridgehead atoms. The van der Waals surface area contributed by atoms with Gasteiger partial charge in [0, 0.05) is 25.3 Å². The van der Waals surface area contributed by atoms with Crippen molar-refractivity contribution in [1.29, 1.82) is 0 Å². The summed E-state index contributed by atoms with van der Waals surface area (Å²) in [4.78, 5) is 14.3. The van der Waals surface area contributed by atoms with Crippen molar-refractivity contribution in [2.24, 2.45) is 5.73 Å². The molecule has 0 aliphatic rings. The first-order valence-electron chi connectivity index (χ1n) is 8.75. The third kappa shape index (κ3) is 5.96. The number of ether oxygens (including phenoxy) is 2.